The number of para-hydroxylation sites is 1. The second-order valence-corrected chi connectivity index (χ2v) is 6.38. The van der Waals surface area contributed by atoms with E-state index in [1.165, 1.54) is 4.68 Å². The fraction of sp³-hybridized carbons (Fsp3) is 0.222. The maximum absolute atomic E-state index is 13.0. The van der Waals surface area contributed by atoms with Crippen molar-refractivity contribution < 1.29 is 0 Å². The predicted molar refractivity (Wildman–Crippen MR) is 93.3 cm³/mol. The Morgan fingerprint density at radius 1 is 1.17 bits per heavy atom. The maximum atomic E-state index is 13.0. The zero-order valence-electron chi connectivity index (χ0n) is 13.7. The molecule has 6 nitrogen and oxygen atoms in total. The van der Waals surface area contributed by atoms with E-state index >= 15 is 0 Å². The highest BCUT2D eigenvalue weighted by Gasteiger charge is 2.36. The number of nitrogens with one attached hydrogen (secondary N) is 1. The number of rotatable bonds is 2. The average molecular weight is 321 g/mol. The molecule has 0 saturated carbocycles. The van der Waals surface area contributed by atoms with Gasteiger partial charge in [-0.3, -0.25) is 0 Å². The third-order valence-electron chi connectivity index (χ3n) is 4.33. The molecule has 1 unspecified atom stereocenters. The van der Waals surface area contributed by atoms with Gasteiger partial charge < -0.3 is 11.1 Å². The summed E-state index contributed by atoms with van der Waals surface area (Å²) in [6, 6.07) is 15.6. The van der Waals surface area contributed by atoms with Gasteiger partial charge in [-0.1, -0.05) is 42.5 Å². The van der Waals surface area contributed by atoms with Crippen molar-refractivity contribution in [1.29, 1.82) is 0 Å². The predicted octanol–water partition coefficient (Wildman–Crippen LogP) is 1.95. The lowest BCUT2D eigenvalue weighted by atomic mass is 10.1. The molecule has 1 aliphatic rings. The molecule has 2 heterocycles. The van der Waals surface area contributed by atoms with Crippen LogP contribution in [-0.2, 0) is 12.2 Å². The van der Waals surface area contributed by atoms with Crippen LogP contribution in [-0.4, -0.2) is 14.3 Å². The summed E-state index contributed by atoms with van der Waals surface area (Å²) in [6.07, 6.45) is 0. The number of aromatic nitrogens is 3. The summed E-state index contributed by atoms with van der Waals surface area (Å²) in [5.41, 5.74) is 8.97. The van der Waals surface area contributed by atoms with E-state index in [0.717, 1.165) is 22.5 Å². The zero-order valence-corrected chi connectivity index (χ0v) is 13.7. The van der Waals surface area contributed by atoms with Crippen LogP contribution in [0, 0.1) is 6.92 Å². The van der Waals surface area contributed by atoms with Gasteiger partial charge in [-0.05, 0) is 31.0 Å². The van der Waals surface area contributed by atoms with Crippen LogP contribution in [0.3, 0.4) is 0 Å². The van der Waals surface area contributed by atoms with Gasteiger partial charge in [0, 0.05) is 0 Å². The first-order valence-electron chi connectivity index (χ1n) is 7.89. The lowest BCUT2D eigenvalue weighted by Crippen LogP contribution is -2.47. The van der Waals surface area contributed by atoms with E-state index in [-0.39, 0.29) is 5.69 Å². The summed E-state index contributed by atoms with van der Waals surface area (Å²) >= 11 is 0. The topological polar surface area (TPSA) is 77.9 Å². The largest absolute Gasteiger partial charge is 0.360 e. The van der Waals surface area contributed by atoms with E-state index in [4.69, 9.17) is 5.73 Å². The fourth-order valence-corrected chi connectivity index (χ4v) is 3.20. The Kier molecular flexibility index (Phi) is 3.11. The van der Waals surface area contributed by atoms with Gasteiger partial charge >= 0.3 is 5.69 Å². The minimum Gasteiger partial charge on any atom is -0.360 e. The normalized spacial score (nSPS) is 18.6. The van der Waals surface area contributed by atoms with Crippen LogP contribution in [0.5, 0.6) is 0 Å². The Bertz CT molecular complexity index is 969. The Balaban J connectivity index is 1.92. The van der Waals surface area contributed by atoms with Crippen molar-refractivity contribution in [3.8, 4) is 5.69 Å². The monoisotopic (exact) mass is 321 g/mol. The molecule has 0 bridgehead atoms. The minimum atomic E-state index is -0.915. The molecule has 1 aliphatic heterocycles. The summed E-state index contributed by atoms with van der Waals surface area (Å²) in [6.45, 7) is 4.21. The van der Waals surface area contributed by atoms with E-state index < -0.39 is 5.66 Å². The molecule has 1 atom stereocenters. The number of hydrogen-bond acceptors (Lipinski definition) is 4. The third-order valence-corrected chi connectivity index (χ3v) is 4.33. The molecule has 2 aromatic carbocycles. The van der Waals surface area contributed by atoms with Crippen LogP contribution in [0.15, 0.2) is 53.3 Å². The molecule has 0 radical (unpaired) electrons. The fourth-order valence-electron chi connectivity index (χ4n) is 3.20. The van der Waals surface area contributed by atoms with Gasteiger partial charge in [0.2, 0.25) is 0 Å². The number of benzene rings is 2. The standard InChI is InChI=1S/C18H19N5O/c1-12-7-6-10-14-15(12)23-16(18(2,19)20-14)21-22(17(23)24)11-13-8-4-3-5-9-13/h3-10,20H,11,19H2,1-2H3. The second kappa shape index (κ2) is 5.07. The molecular weight excluding hydrogens is 302 g/mol. The van der Waals surface area contributed by atoms with E-state index in [0.29, 0.717) is 12.4 Å². The van der Waals surface area contributed by atoms with Gasteiger partial charge in [0.05, 0.1) is 17.9 Å². The van der Waals surface area contributed by atoms with E-state index in [2.05, 4.69) is 10.4 Å². The van der Waals surface area contributed by atoms with Gasteiger partial charge in [-0.25, -0.2) is 14.0 Å². The van der Waals surface area contributed by atoms with Crippen LogP contribution in [0.1, 0.15) is 23.9 Å². The number of hydrogen-bond donors (Lipinski definition) is 2. The molecule has 0 amide bonds. The molecule has 122 valence electrons. The van der Waals surface area contributed by atoms with Crippen molar-refractivity contribution in [2.24, 2.45) is 5.73 Å². The van der Waals surface area contributed by atoms with Crippen molar-refractivity contribution >= 4 is 5.69 Å². The van der Waals surface area contributed by atoms with Crippen molar-refractivity contribution in [2.75, 3.05) is 5.32 Å². The van der Waals surface area contributed by atoms with Gasteiger partial charge in [0.15, 0.2) is 5.82 Å². The SMILES string of the molecule is Cc1cccc2c1-n1c(nn(Cc3ccccc3)c1=O)C(C)(N)N2. The van der Waals surface area contributed by atoms with E-state index in [1.54, 1.807) is 4.57 Å². The number of anilines is 1. The number of nitrogens with two attached hydrogens (primary N) is 1. The molecule has 0 spiro atoms. The first-order chi connectivity index (χ1) is 11.5. The second-order valence-electron chi connectivity index (χ2n) is 6.38. The summed E-state index contributed by atoms with van der Waals surface area (Å²) in [7, 11) is 0. The molecule has 0 fully saturated rings. The quantitative estimate of drug-likeness (QED) is 0.756. The van der Waals surface area contributed by atoms with Crippen LogP contribution < -0.4 is 16.7 Å². The minimum absolute atomic E-state index is 0.178. The van der Waals surface area contributed by atoms with Gasteiger partial charge in [0.1, 0.15) is 5.66 Å². The zero-order chi connectivity index (χ0) is 16.9. The Labute approximate surface area is 139 Å². The third kappa shape index (κ3) is 2.15. The summed E-state index contributed by atoms with van der Waals surface area (Å²) in [5.74, 6) is 0.519. The summed E-state index contributed by atoms with van der Waals surface area (Å²) in [5, 5.41) is 7.80. The van der Waals surface area contributed by atoms with E-state index in [9.17, 15) is 4.79 Å². The molecule has 0 aliphatic carbocycles. The molecule has 24 heavy (non-hydrogen) atoms. The molecule has 0 saturated heterocycles. The van der Waals surface area contributed by atoms with Crippen molar-refractivity contribution in [3.63, 3.8) is 0 Å². The van der Waals surface area contributed by atoms with E-state index in [1.807, 2.05) is 62.4 Å². The molecule has 4 rings (SSSR count). The Morgan fingerprint density at radius 3 is 2.67 bits per heavy atom. The molecule has 1 aromatic heterocycles. The van der Waals surface area contributed by atoms with Gasteiger partial charge in [-0.15, -0.1) is 0 Å². The van der Waals surface area contributed by atoms with Crippen LogP contribution in [0.2, 0.25) is 0 Å². The van der Waals surface area contributed by atoms with Gasteiger partial charge in [0.25, 0.3) is 0 Å². The lowest BCUT2D eigenvalue weighted by molar-refractivity contribution is 0.500. The summed E-state index contributed by atoms with van der Waals surface area (Å²) < 4.78 is 3.10. The number of aryl methyl sites for hydroxylation is 1. The molecule has 3 aromatic rings. The molecular formula is C18H19N5O. The first kappa shape index (κ1) is 14.7. The highest BCUT2D eigenvalue weighted by Crippen LogP contribution is 2.33. The van der Waals surface area contributed by atoms with Crippen LogP contribution >= 0.6 is 0 Å². The van der Waals surface area contributed by atoms with Crippen LogP contribution in [0.25, 0.3) is 5.69 Å². The average Bonchev–Trinajstić information content (AvgIpc) is 2.86. The lowest BCUT2D eigenvalue weighted by Gasteiger charge is -2.33. The maximum Gasteiger partial charge on any atom is 0.351 e. The Morgan fingerprint density at radius 2 is 1.92 bits per heavy atom. The highest BCUT2D eigenvalue weighted by molar-refractivity contribution is 5.68. The smallest absolute Gasteiger partial charge is 0.351 e. The molecule has 3 N–H and O–H groups in total. The highest BCUT2D eigenvalue weighted by atomic mass is 16.2. The van der Waals surface area contributed by atoms with Crippen molar-refractivity contribution in [2.45, 2.75) is 26.1 Å². The summed E-state index contributed by atoms with van der Waals surface area (Å²) in [4.78, 5) is 13.0. The first-order valence-corrected chi connectivity index (χ1v) is 7.89. The van der Waals surface area contributed by atoms with Crippen molar-refractivity contribution in [1.82, 2.24) is 14.3 Å². The number of nitrogens with zero attached hydrogens (tertiary/aromatic N) is 3. The number of fused-ring (bicyclic) bond motifs is 3. The molecule has 6 heteroatoms. The van der Waals surface area contributed by atoms with Gasteiger partial charge in [-0.2, -0.15) is 5.10 Å². The van der Waals surface area contributed by atoms with Crippen molar-refractivity contribution in [3.05, 3.63) is 76.0 Å². The Hall–Kier alpha value is -2.86. The van der Waals surface area contributed by atoms with Crippen LogP contribution in [0.4, 0.5) is 5.69 Å².